The molecule has 1 rings (SSSR count). The minimum atomic E-state index is -0.635. The predicted octanol–water partition coefficient (Wildman–Crippen LogP) is -0.651. The van der Waals surface area contributed by atoms with Gasteiger partial charge >= 0.3 is 0 Å². The molecular formula is C10H17N5O2S. The van der Waals surface area contributed by atoms with Gasteiger partial charge in [0.1, 0.15) is 12.4 Å². The minimum Gasteiger partial charge on any atom is -0.347 e. The van der Waals surface area contributed by atoms with Crippen LogP contribution in [0, 0.1) is 0 Å². The van der Waals surface area contributed by atoms with Gasteiger partial charge in [0.15, 0.2) is 5.82 Å². The third-order valence-corrected chi connectivity index (χ3v) is 2.70. The SMILES string of the molecule is CCn1cnnc1CNC(=O)C(CS)NC(C)=O. The van der Waals surface area contributed by atoms with E-state index in [1.54, 1.807) is 6.33 Å². The maximum atomic E-state index is 11.8. The number of carbonyl (C=O) groups excluding carboxylic acids is 2. The van der Waals surface area contributed by atoms with E-state index in [0.29, 0.717) is 5.82 Å². The summed E-state index contributed by atoms with van der Waals surface area (Å²) in [5.41, 5.74) is 0. The van der Waals surface area contributed by atoms with E-state index in [1.807, 2.05) is 11.5 Å². The van der Waals surface area contributed by atoms with Crippen molar-refractivity contribution in [2.24, 2.45) is 0 Å². The lowest BCUT2D eigenvalue weighted by Crippen LogP contribution is -2.47. The van der Waals surface area contributed by atoms with Crippen molar-refractivity contribution < 1.29 is 9.59 Å². The van der Waals surface area contributed by atoms with E-state index in [-0.39, 0.29) is 24.1 Å². The van der Waals surface area contributed by atoms with Crippen LogP contribution in [0.5, 0.6) is 0 Å². The highest BCUT2D eigenvalue weighted by atomic mass is 32.1. The summed E-state index contributed by atoms with van der Waals surface area (Å²) in [6.07, 6.45) is 1.60. The summed E-state index contributed by atoms with van der Waals surface area (Å²) in [4.78, 5) is 22.7. The van der Waals surface area contributed by atoms with Crippen molar-refractivity contribution in [3.63, 3.8) is 0 Å². The molecule has 18 heavy (non-hydrogen) atoms. The number of carbonyl (C=O) groups is 2. The van der Waals surface area contributed by atoms with Gasteiger partial charge in [0.25, 0.3) is 0 Å². The molecule has 2 N–H and O–H groups in total. The summed E-state index contributed by atoms with van der Waals surface area (Å²) in [5, 5.41) is 12.9. The first-order valence-electron chi connectivity index (χ1n) is 5.60. The van der Waals surface area contributed by atoms with E-state index in [0.717, 1.165) is 6.54 Å². The van der Waals surface area contributed by atoms with Crippen molar-refractivity contribution >= 4 is 24.4 Å². The van der Waals surface area contributed by atoms with Gasteiger partial charge in [-0.2, -0.15) is 12.6 Å². The van der Waals surface area contributed by atoms with E-state index in [1.165, 1.54) is 6.92 Å². The fourth-order valence-electron chi connectivity index (χ4n) is 1.41. The van der Waals surface area contributed by atoms with E-state index >= 15 is 0 Å². The van der Waals surface area contributed by atoms with Crippen LogP contribution in [-0.2, 0) is 22.7 Å². The number of hydrogen-bond acceptors (Lipinski definition) is 5. The van der Waals surface area contributed by atoms with E-state index in [4.69, 9.17) is 0 Å². The van der Waals surface area contributed by atoms with E-state index in [9.17, 15) is 9.59 Å². The summed E-state index contributed by atoms with van der Waals surface area (Å²) in [5.74, 6) is 0.365. The van der Waals surface area contributed by atoms with Gasteiger partial charge in [-0.1, -0.05) is 0 Å². The zero-order chi connectivity index (χ0) is 13.5. The standard InChI is InChI=1S/C10H17N5O2S/c1-3-15-6-12-14-9(15)4-11-10(17)8(5-18)13-7(2)16/h6,8,18H,3-5H2,1-2H3,(H,11,17)(H,13,16). The Kier molecular flexibility index (Phi) is 5.63. The van der Waals surface area contributed by atoms with E-state index < -0.39 is 6.04 Å². The molecule has 0 aliphatic heterocycles. The van der Waals surface area contributed by atoms with Gasteiger partial charge in [-0.05, 0) is 6.92 Å². The Balaban J connectivity index is 2.51. The third-order valence-electron chi connectivity index (χ3n) is 2.33. The first-order chi connectivity index (χ1) is 8.58. The monoisotopic (exact) mass is 271 g/mol. The highest BCUT2D eigenvalue weighted by Crippen LogP contribution is 1.95. The molecule has 1 aromatic heterocycles. The molecular weight excluding hydrogens is 254 g/mol. The summed E-state index contributed by atoms with van der Waals surface area (Å²) < 4.78 is 1.83. The number of nitrogens with zero attached hydrogens (tertiary/aromatic N) is 3. The van der Waals surface area contributed by atoms with Gasteiger partial charge in [-0.3, -0.25) is 9.59 Å². The molecule has 0 radical (unpaired) electrons. The van der Waals surface area contributed by atoms with Crippen LogP contribution in [0.15, 0.2) is 6.33 Å². The van der Waals surface area contributed by atoms with Crippen molar-refractivity contribution in [1.29, 1.82) is 0 Å². The second kappa shape index (κ2) is 7.00. The topological polar surface area (TPSA) is 88.9 Å². The number of rotatable bonds is 6. The van der Waals surface area contributed by atoms with Crippen molar-refractivity contribution in [3.05, 3.63) is 12.2 Å². The third kappa shape index (κ3) is 4.02. The lowest BCUT2D eigenvalue weighted by Gasteiger charge is -2.15. The van der Waals surface area contributed by atoms with Crippen LogP contribution in [0.2, 0.25) is 0 Å². The van der Waals surface area contributed by atoms with Gasteiger partial charge in [-0.25, -0.2) is 0 Å². The Morgan fingerprint density at radius 2 is 2.28 bits per heavy atom. The van der Waals surface area contributed by atoms with Crippen molar-refractivity contribution in [1.82, 2.24) is 25.4 Å². The lowest BCUT2D eigenvalue weighted by atomic mass is 10.3. The molecule has 0 aromatic carbocycles. The fraction of sp³-hybridized carbons (Fsp3) is 0.600. The Hall–Kier alpha value is -1.57. The van der Waals surface area contributed by atoms with Crippen molar-refractivity contribution in [2.75, 3.05) is 5.75 Å². The molecule has 0 saturated carbocycles. The van der Waals surface area contributed by atoms with Gasteiger partial charge in [0.05, 0.1) is 6.54 Å². The molecule has 1 unspecified atom stereocenters. The minimum absolute atomic E-state index is 0.242. The zero-order valence-electron chi connectivity index (χ0n) is 10.4. The smallest absolute Gasteiger partial charge is 0.243 e. The average Bonchev–Trinajstić information content (AvgIpc) is 2.80. The molecule has 0 aliphatic rings. The van der Waals surface area contributed by atoms with Gasteiger partial charge < -0.3 is 15.2 Å². The Bertz CT molecular complexity index is 420. The highest BCUT2D eigenvalue weighted by Gasteiger charge is 2.17. The molecule has 1 heterocycles. The molecule has 8 heteroatoms. The molecule has 1 atom stereocenters. The largest absolute Gasteiger partial charge is 0.347 e. The molecule has 0 spiro atoms. The quantitative estimate of drug-likeness (QED) is 0.600. The van der Waals surface area contributed by atoms with Crippen LogP contribution >= 0.6 is 12.6 Å². The summed E-state index contributed by atoms with van der Waals surface area (Å²) in [6, 6.07) is -0.635. The molecule has 1 aromatic rings. The Morgan fingerprint density at radius 1 is 1.56 bits per heavy atom. The Labute approximate surface area is 111 Å². The summed E-state index contributed by atoms with van der Waals surface area (Å²) in [7, 11) is 0. The second-order valence-corrected chi connectivity index (χ2v) is 4.05. The number of nitrogens with one attached hydrogen (secondary N) is 2. The second-order valence-electron chi connectivity index (χ2n) is 3.69. The molecule has 0 saturated heterocycles. The number of thiol groups is 1. The van der Waals surface area contributed by atoms with Gasteiger partial charge in [0.2, 0.25) is 11.8 Å². The van der Waals surface area contributed by atoms with Crippen molar-refractivity contribution in [3.8, 4) is 0 Å². The predicted molar refractivity (Wildman–Crippen MR) is 69.0 cm³/mol. The number of amides is 2. The van der Waals surface area contributed by atoms with Gasteiger partial charge in [0, 0.05) is 19.2 Å². The van der Waals surface area contributed by atoms with Gasteiger partial charge in [-0.15, -0.1) is 10.2 Å². The molecule has 0 fully saturated rings. The van der Waals surface area contributed by atoms with E-state index in [2.05, 4.69) is 33.5 Å². The van der Waals surface area contributed by atoms with Crippen LogP contribution in [0.1, 0.15) is 19.7 Å². The normalized spacial score (nSPS) is 11.9. The molecule has 2 amide bonds. The molecule has 0 bridgehead atoms. The number of hydrogen-bond donors (Lipinski definition) is 3. The summed E-state index contributed by atoms with van der Waals surface area (Å²) in [6.45, 7) is 4.33. The summed E-state index contributed by atoms with van der Waals surface area (Å²) >= 11 is 4.03. The van der Waals surface area contributed by atoms with Crippen LogP contribution in [0.4, 0.5) is 0 Å². The van der Waals surface area contributed by atoms with Crippen LogP contribution in [-0.4, -0.2) is 38.4 Å². The first kappa shape index (κ1) is 14.5. The Morgan fingerprint density at radius 3 is 2.83 bits per heavy atom. The highest BCUT2D eigenvalue weighted by molar-refractivity contribution is 7.80. The maximum Gasteiger partial charge on any atom is 0.243 e. The zero-order valence-corrected chi connectivity index (χ0v) is 11.3. The fourth-order valence-corrected chi connectivity index (χ4v) is 1.67. The number of aryl methyl sites for hydroxylation is 1. The maximum absolute atomic E-state index is 11.8. The molecule has 7 nitrogen and oxygen atoms in total. The van der Waals surface area contributed by atoms with Crippen LogP contribution in [0.3, 0.4) is 0 Å². The average molecular weight is 271 g/mol. The van der Waals surface area contributed by atoms with Crippen LogP contribution in [0.25, 0.3) is 0 Å². The number of aromatic nitrogens is 3. The van der Waals surface area contributed by atoms with Crippen LogP contribution < -0.4 is 10.6 Å². The molecule has 0 aliphatic carbocycles. The lowest BCUT2D eigenvalue weighted by molar-refractivity contribution is -0.127. The first-order valence-corrected chi connectivity index (χ1v) is 6.24. The van der Waals surface area contributed by atoms with Crippen molar-refractivity contribution in [2.45, 2.75) is 33.0 Å². The molecule has 100 valence electrons.